The van der Waals surface area contributed by atoms with Crippen LogP contribution in [0.15, 0.2) is 18.2 Å². The molecular weight excluding hydrogens is 216 g/mol. The first-order chi connectivity index (χ1) is 7.52. The highest BCUT2D eigenvalue weighted by Crippen LogP contribution is 2.12. The third-order valence-corrected chi connectivity index (χ3v) is 2.15. The third kappa shape index (κ3) is 3.58. The maximum absolute atomic E-state index is 13.2. The molecule has 0 heterocycles. The highest BCUT2D eigenvalue weighted by Gasteiger charge is 2.13. The van der Waals surface area contributed by atoms with Gasteiger partial charge in [0.25, 0.3) is 0 Å². The Bertz CT molecular complexity index is 382. The highest BCUT2D eigenvalue weighted by atomic mass is 19.1. The zero-order valence-corrected chi connectivity index (χ0v) is 8.87. The van der Waals surface area contributed by atoms with Gasteiger partial charge in [-0.25, -0.2) is 8.78 Å². The lowest BCUT2D eigenvalue weighted by Crippen LogP contribution is -2.27. The van der Waals surface area contributed by atoms with Gasteiger partial charge in [0.15, 0.2) is 0 Å². The molecule has 88 valence electrons. The van der Waals surface area contributed by atoms with Crippen molar-refractivity contribution < 1.29 is 18.3 Å². The molecule has 0 aromatic heterocycles. The second-order valence-electron chi connectivity index (χ2n) is 3.48. The predicted molar refractivity (Wildman–Crippen MR) is 54.7 cm³/mol. The molecule has 0 amide bonds. The van der Waals surface area contributed by atoms with Crippen molar-refractivity contribution in [2.45, 2.75) is 18.9 Å². The number of nitrogens with two attached hydrogens (primary N) is 1. The standard InChI is InChI=1S/C11H13F2NO2/c1-16-11(15)6-9(14)4-7-2-3-8(12)5-10(7)13/h2-3,5,9H,4,6,14H2,1H3. The van der Waals surface area contributed by atoms with E-state index >= 15 is 0 Å². The van der Waals surface area contributed by atoms with Crippen LogP contribution in [0.1, 0.15) is 12.0 Å². The van der Waals surface area contributed by atoms with Crippen LogP contribution < -0.4 is 5.73 Å². The number of methoxy groups -OCH3 is 1. The average molecular weight is 229 g/mol. The molecule has 0 aliphatic rings. The third-order valence-electron chi connectivity index (χ3n) is 2.15. The van der Waals surface area contributed by atoms with E-state index in [9.17, 15) is 13.6 Å². The Morgan fingerprint density at radius 1 is 1.50 bits per heavy atom. The van der Waals surface area contributed by atoms with Gasteiger partial charge in [-0.2, -0.15) is 0 Å². The highest BCUT2D eigenvalue weighted by molar-refractivity contribution is 5.69. The molecular formula is C11H13F2NO2. The Kier molecular flexibility index (Phi) is 4.37. The number of carbonyl (C=O) groups is 1. The maximum Gasteiger partial charge on any atom is 0.307 e. The van der Waals surface area contributed by atoms with Gasteiger partial charge in [0.2, 0.25) is 0 Å². The Labute approximate surface area is 92.2 Å². The van der Waals surface area contributed by atoms with E-state index in [0.29, 0.717) is 0 Å². The van der Waals surface area contributed by atoms with Gasteiger partial charge in [0.05, 0.1) is 13.5 Å². The fraction of sp³-hybridized carbons (Fsp3) is 0.364. The molecule has 0 spiro atoms. The van der Waals surface area contributed by atoms with Crippen molar-refractivity contribution in [1.82, 2.24) is 0 Å². The van der Waals surface area contributed by atoms with Crippen LogP contribution in [0.3, 0.4) is 0 Å². The van der Waals surface area contributed by atoms with Crippen LogP contribution in [0, 0.1) is 11.6 Å². The van der Waals surface area contributed by atoms with E-state index in [1.165, 1.54) is 13.2 Å². The summed E-state index contributed by atoms with van der Waals surface area (Å²) in [7, 11) is 1.26. The summed E-state index contributed by atoms with van der Waals surface area (Å²) in [6.07, 6.45) is 0.175. The molecule has 1 unspecified atom stereocenters. The van der Waals surface area contributed by atoms with Crippen LogP contribution in [-0.2, 0) is 16.0 Å². The first kappa shape index (κ1) is 12.6. The second kappa shape index (κ2) is 5.55. The first-order valence-electron chi connectivity index (χ1n) is 4.79. The van der Waals surface area contributed by atoms with Crippen LogP contribution in [0.2, 0.25) is 0 Å². The van der Waals surface area contributed by atoms with Crippen molar-refractivity contribution in [2.24, 2.45) is 5.73 Å². The lowest BCUT2D eigenvalue weighted by Gasteiger charge is -2.10. The fourth-order valence-electron chi connectivity index (χ4n) is 1.34. The van der Waals surface area contributed by atoms with E-state index in [1.54, 1.807) is 0 Å². The summed E-state index contributed by atoms with van der Waals surface area (Å²) in [5.74, 6) is -1.74. The van der Waals surface area contributed by atoms with Crippen molar-refractivity contribution in [3.63, 3.8) is 0 Å². The number of halogens is 2. The summed E-state index contributed by atoms with van der Waals surface area (Å²) in [4.78, 5) is 10.9. The van der Waals surface area contributed by atoms with E-state index in [1.807, 2.05) is 0 Å². The van der Waals surface area contributed by atoms with Crippen molar-refractivity contribution in [1.29, 1.82) is 0 Å². The molecule has 0 aliphatic heterocycles. The number of benzene rings is 1. The monoisotopic (exact) mass is 229 g/mol. The van der Waals surface area contributed by atoms with E-state index in [-0.39, 0.29) is 18.4 Å². The van der Waals surface area contributed by atoms with Gasteiger partial charge >= 0.3 is 5.97 Å². The molecule has 1 atom stereocenters. The van der Waals surface area contributed by atoms with Crippen molar-refractivity contribution in [2.75, 3.05) is 7.11 Å². The first-order valence-corrected chi connectivity index (χ1v) is 4.79. The summed E-state index contributed by atoms with van der Waals surface area (Å²) >= 11 is 0. The zero-order valence-electron chi connectivity index (χ0n) is 8.87. The number of hydrogen-bond acceptors (Lipinski definition) is 3. The minimum absolute atomic E-state index is 0.00726. The van der Waals surface area contributed by atoms with Gasteiger partial charge in [-0.15, -0.1) is 0 Å². The van der Waals surface area contributed by atoms with Crippen LogP contribution in [-0.4, -0.2) is 19.1 Å². The molecule has 2 N–H and O–H groups in total. The molecule has 3 nitrogen and oxygen atoms in total. The van der Waals surface area contributed by atoms with E-state index in [0.717, 1.165) is 12.1 Å². The largest absolute Gasteiger partial charge is 0.469 e. The van der Waals surface area contributed by atoms with E-state index in [4.69, 9.17) is 5.73 Å². The number of carbonyl (C=O) groups excluding carboxylic acids is 1. The molecule has 0 saturated heterocycles. The topological polar surface area (TPSA) is 52.3 Å². The van der Waals surface area contributed by atoms with Crippen LogP contribution in [0.25, 0.3) is 0 Å². The molecule has 1 aromatic carbocycles. The maximum atomic E-state index is 13.2. The van der Waals surface area contributed by atoms with Crippen LogP contribution in [0.5, 0.6) is 0 Å². The molecule has 0 radical (unpaired) electrons. The Morgan fingerprint density at radius 2 is 2.19 bits per heavy atom. The second-order valence-corrected chi connectivity index (χ2v) is 3.48. The molecule has 0 bridgehead atoms. The minimum Gasteiger partial charge on any atom is -0.469 e. The molecule has 1 aromatic rings. The summed E-state index contributed by atoms with van der Waals surface area (Å²) < 4.78 is 30.3. The number of rotatable bonds is 4. The van der Waals surface area contributed by atoms with Crippen LogP contribution in [0.4, 0.5) is 8.78 Å². The molecule has 1 rings (SSSR count). The van der Waals surface area contributed by atoms with Gasteiger partial charge < -0.3 is 10.5 Å². The Morgan fingerprint density at radius 3 is 2.75 bits per heavy atom. The van der Waals surface area contributed by atoms with Crippen molar-refractivity contribution in [3.8, 4) is 0 Å². The summed E-state index contributed by atoms with van der Waals surface area (Å²) in [6.45, 7) is 0. The molecule has 0 fully saturated rings. The van der Waals surface area contributed by atoms with Gasteiger partial charge in [-0.05, 0) is 18.1 Å². The van der Waals surface area contributed by atoms with Crippen LogP contribution >= 0.6 is 0 Å². The summed E-state index contributed by atoms with van der Waals surface area (Å²) in [6, 6.07) is 2.73. The lowest BCUT2D eigenvalue weighted by atomic mass is 10.0. The lowest BCUT2D eigenvalue weighted by molar-refractivity contribution is -0.140. The summed E-state index contributed by atoms with van der Waals surface area (Å²) in [5.41, 5.74) is 5.92. The van der Waals surface area contributed by atoms with E-state index in [2.05, 4.69) is 4.74 Å². The normalized spacial score (nSPS) is 12.2. The molecule has 0 saturated carbocycles. The Balaban J connectivity index is 2.62. The number of ether oxygens (including phenoxy) is 1. The number of hydrogen-bond donors (Lipinski definition) is 1. The van der Waals surface area contributed by atoms with Gasteiger partial charge in [-0.3, -0.25) is 4.79 Å². The van der Waals surface area contributed by atoms with Gasteiger partial charge in [0, 0.05) is 12.1 Å². The zero-order chi connectivity index (χ0) is 12.1. The Hall–Kier alpha value is -1.49. The fourth-order valence-corrected chi connectivity index (χ4v) is 1.34. The van der Waals surface area contributed by atoms with Crippen molar-refractivity contribution in [3.05, 3.63) is 35.4 Å². The van der Waals surface area contributed by atoms with Gasteiger partial charge in [0.1, 0.15) is 11.6 Å². The minimum atomic E-state index is -0.652. The smallest absolute Gasteiger partial charge is 0.307 e. The molecule has 16 heavy (non-hydrogen) atoms. The van der Waals surface area contributed by atoms with E-state index < -0.39 is 23.6 Å². The quantitative estimate of drug-likeness (QED) is 0.794. The molecule has 0 aliphatic carbocycles. The van der Waals surface area contributed by atoms with Crippen molar-refractivity contribution >= 4 is 5.97 Å². The average Bonchev–Trinajstić information content (AvgIpc) is 2.22. The number of esters is 1. The SMILES string of the molecule is COC(=O)CC(N)Cc1ccc(F)cc1F. The van der Waals surface area contributed by atoms with Gasteiger partial charge in [-0.1, -0.05) is 6.07 Å². The molecule has 5 heteroatoms. The summed E-state index contributed by atoms with van der Waals surface area (Å²) in [5, 5.41) is 0. The predicted octanol–water partition coefficient (Wildman–Crippen LogP) is 1.40.